The predicted molar refractivity (Wildman–Crippen MR) is 57.2 cm³/mol. The predicted octanol–water partition coefficient (Wildman–Crippen LogP) is -0.0827. The van der Waals surface area contributed by atoms with Crippen LogP contribution in [0, 0.1) is 6.92 Å². The van der Waals surface area contributed by atoms with E-state index >= 15 is 0 Å². The molecule has 0 saturated heterocycles. The van der Waals surface area contributed by atoms with Gasteiger partial charge in [0.05, 0.1) is 5.97 Å². The highest BCUT2D eigenvalue weighted by molar-refractivity contribution is 5.93. The van der Waals surface area contributed by atoms with E-state index in [1.165, 1.54) is 0 Å². The van der Waals surface area contributed by atoms with Crippen LogP contribution in [0.5, 0.6) is 0 Å². The Labute approximate surface area is 93.6 Å². The first-order chi connectivity index (χ1) is 7.58. The lowest BCUT2D eigenvalue weighted by molar-refractivity contribution is -0.297. The van der Waals surface area contributed by atoms with Crippen molar-refractivity contribution in [3.63, 3.8) is 0 Å². The summed E-state index contributed by atoms with van der Waals surface area (Å²) in [5.74, 6) is -1.84. The number of carbonyl (C=O) groups is 2. The fraction of sp³-hybridized carbons (Fsp3) is 0.167. The van der Waals surface area contributed by atoms with Crippen molar-refractivity contribution >= 4 is 11.9 Å². The van der Waals surface area contributed by atoms with Crippen LogP contribution in [0.1, 0.15) is 11.1 Å². The van der Waals surface area contributed by atoms with Gasteiger partial charge >= 0.3 is 0 Å². The van der Waals surface area contributed by atoms with Gasteiger partial charge in [-0.25, -0.2) is 0 Å². The van der Waals surface area contributed by atoms with Gasteiger partial charge in [-0.05, 0) is 18.6 Å². The summed E-state index contributed by atoms with van der Waals surface area (Å²) in [6, 6.07) is 7.69. The fourth-order valence-electron chi connectivity index (χ4n) is 1.10. The number of amides is 1. The Morgan fingerprint density at radius 1 is 1.25 bits per heavy atom. The van der Waals surface area contributed by atoms with Crippen molar-refractivity contribution in [2.45, 2.75) is 13.5 Å². The van der Waals surface area contributed by atoms with Crippen molar-refractivity contribution < 1.29 is 14.7 Å². The highest BCUT2D eigenvalue weighted by Crippen LogP contribution is 2.02. The molecule has 0 aliphatic rings. The summed E-state index contributed by atoms with van der Waals surface area (Å²) >= 11 is 0. The van der Waals surface area contributed by atoms with E-state index in [4.69, 9.17) is 0 Å². The zero-order valence-corrected chi connectivity index (χ0v) is 8.90. The maximum absolute atomic E-state index is 11.1. The first kappa shape index (κ1) is 12.0. The van der Waals surface area contributed by atoms with Crippen molar-refractivity contribution in [1.82, 2.24) is 5.32 Å². The summed E-state index contributed by atoms with van der Waals surface area (Å²) in [5, 5.41) is 12.6. The van der Waals surface area contributed by atoms with Crippen LogP contribution in [0.2, 0.25) is 0 Å². The van der Waals surface area contributed by atoms with E-state index in [2.05, 4.69) is 5.32 Å². The van der Waals surface area contributed by atoms with Crippen molar-refractivity contribution in [2.24, 2.45) is 0 Å². The van der Waals surface area contributed by atoms with Crippen LogP contribution in [0.3, 0.4) is 0 Å². The van der Waals surface area contributed by atoms with Crippen LogP contribution in [-0.4, -0.2) is 11.9 Å². The minimum Gasteiger partial charge on any atom is -0.545 e. The van der Waals surface area contributed by atoms with E-state index in [1.54, 1.807) is 0 Å². The van der Waals surface area contributed by atoms with E-state index in [0.717, 1.165) is 17.2 Å². The van der Waals surface area contributed by atoms with E-state index in [9.17, 15) is 14.7 Å². The minimum absolute atomic E-state index is 0.372. The first-order valence-electron chi connectivity index (χ1n) is 4.80. The molecule has 0 aromatic heterocycles. The molecule has 1 N–H and O–H groups in total. The van der Waals surface area contributed by atoms with E-state index in [1.807, 2.05) is 31.2 Å². The van der Waals surface area contributed by atoms with Gasteiger partial charge < -0.3 is 15.2 Å². The van der Waals surface area contributed by atoms with Gasteiger partial charge in [0.2, 0.25) is 5.91 Å². The molecule has 1 aromatic carbocycles. The fourth-order valence-corrected chi connectivity index (χ4v) is 1.10. The number of hydrogen-bond donors (Lipinski definition) is 1. The maximum atomic E-state index is 11.1. The second kappa shape index (κ2) is 5.70. The number of rotatable bonds is 4. The molecule has 0 radical (unpaired) electrons. The number of carboxylic acids is 1. The number of carbonyl (C=O) groups excluding carboxylic acids is 2. The molecule has 1 rings (SSSR count). The van der Waals surface area contributed by atoms with Gasteiger partial charge in [0, 0.05) is 12.6 Å². The van der Waals surface area contributed by atoms with Gasteiger partial charge in [-0.1, -0.05) is 29.8 Å². The molecular weight excluding hydrogens is 206 g/mol. The van der Waals surface area contributed by atoms with Gasteiger partial charge in [-0.15, -0.1) is 0 Å². The van der Waals surface area contributed by atoms with Crippen LogP contribution in [0.25, 0.3) is 0 Å². The largest absolute Gasteiger partial charge is 0.545 e. The monoisotopic (exact) mass is 218 g/mol. The number of nitrogens with one attached hydrogen (secondary N) is 1. The summed E-state index contributed by atoms with van der Waals surface area (Å²) in [6.45, 7) is 2.35. The van der Waals surface area contributed by atoms with Gasteiger partial charge in [0.1, 0.15) is 0 Å². The average Bonchev–Trinajstić information content (AvgIpc) is 2.25. The maximum Gasteiger partial charge on any atom is 0.244 e. The molecule has 4 nitrogen and oxygen atoms in total. The molecule has 1 amide bonds. The van der Waals surface area contributed by atoms with Crippen LogP contribution in [-0.2, 0) is 16.1 Å². The van der Waals surface area contributed by atoms with Crippen LogP contribution < -0.4 is 10.4 Å². The lowest BCUT2D eigenvalue weighted by atomic mass is 10.1. The Kier molecular flexibility index (Phi) is 4.27. The van der Waals surface area contributed by atoms with E-state index < -0.39 is 11.9 Å². The Balaban J connectivity index is 2.43. The normalized spacial score (nSPS) is 10.3. The van der Waals surface area contributed by atoms with E-state index in [-0.39, 0.29) is 0 Å². The van der Waals surface area contributed by atoms with Crippen LogP contribution in [0.15, 0.2) is 36.4 Å². The zero-order chi connectivity index (χ0) is 12.0. The molecular formula is C12H12NO3-. The molecule has 0 heterocycles. The Bertz CT molecular complexity index is 407. The molecule has 0 spiro atoms. The molecule has 0 bridgehead atoms. The zero-order valence-electron chi connectivity index (χ0n) is 8.90. The van der Waals surface area contributed by atoms with Gasteiger partial charge in [0.25, 0.3) is 0 Å². The summed E-state index contributed by atoms with van der Waals surface area (Å²) in [5.41, 5.74) is 2.10. The van der Waals surface area contributed by atoms with Crippen LogP contribution in [0.4, 0.5) is 0 Å². The molecule has 0 aliphatic carbocycles. The van der Waals surface area contributed by atoms with Crippen molar-refractivity contribution in [2.75, 3.05) is 0 Å². The number of benzene rings is 1. The topological polar surface area (TPSA) is 69.2 Å². The molecule has 0 fully saturated rings. The third kappa shape index (κ3) is 4.41. The van der Waals surface area contributed by atoms with E-state index in [0.29, 0.717) is 12.6 Å². The summed E-state index contributed by atoms with van der Waals surface area (Å²) < 4.78 is 0. The average molecular weight is 218 g/mol. The Morgan fingerprint density at radius 2 is 1.88 bits per heavy atom. The molecule has 1 aromatic rings. The molecule has 0 aliphatic heterocycles. The minimum atomic E-state index is -1.38. The third-order valence-electron chi connectivity index (χ3n) is 1.96. The highest BCUT2D eigenvalue weighted by atomic mass is 16.4. The first-order valence-corrected chi connectivity index (χ1v) is 4.80. The second-order valence-corrected chi connectivity index (χ2v) is 3.36. The quantitative estimate of drug-likeness (QED) is 0.718. The summed E-state index contributed by atoms with van der Waals surface area (Å²) in [6.07, 6.45) is 1.63. The number of aliphatic carboxylic acids is 1. The smallest absolute Gasteiger partial charge is 0.244 e. The standard InChI is InChI=1S/C12H13NO3/c1-9-2-4-10(5-3-9)8-13-11(14)6-7-12(15)16/h2-7H,8H2,1H3,(H,13,14)(H,15,16)/p-1. The van der Waals surface area contributed by atoms with Crippen molar-refractivity contribution in [1.29, 1.82) is 0 Å². The summed E-state index contributed by atoms with van der Waals surface area (Å²) in [7, 11) is 0. The lowest BCUT2D eigenvalue weighted by Gasteiger charge is -2.02. The van der Waals surface area contributed by atoms with Gasteiger partial charge in [-0.2, -0.15) is 0 Å². The molecule has 0 unspecified atom stereocenters. The molecule has 4 heteroatoms. The Morgan fingerprint density at radius 3 is 2.44 bits per heavy atom. The van der Waals surface area contributed by atoms with Gasteiger partial charge in [-0.3, -0.25) is 4.79 Å². The summed E-state index contributed by atoms with van der Waals surface area (Å²) in [4.78, 5) is 21.1. The van der Waals surface area contributed by atoms with Crippen LogP contribution >= 0.6 is 0 Å². The van der Waals surface area contributed by atoms with Crippen molar-refractivity contribution in [3.05, 3.63) is 47.5 Å². The molecule has 84 valence electrons. The van der Waals surface area contributed by atoms with Crippen molar-refractivity contribution in [3.8, 4) is 0 Å². The number of hydrogen-bond acceptors (Lipinski definition) is 3. The molecule has 16 heavy (non-hydrogen) atoms. The number of carboxylic acid groups (broad SMARTS) is 1. The SMILES string of the molecule is Cc1ccc(CNC(=O)C=CC(=O)[O-])cc1. The third-order valence-corrected chi connectivity index (χ3v) is 1.96. The Hall–Kier alpha value is -2.10. The highest BCUT2D eigenvalue weighted by Gasteiger charge is 1.96. The lowest BCUT2D eigenvalue weighted by Crippen LogP contribution is -2.23. The molecule has 0 saturated carbocycles. The second-order valence-electron chi connectivity index (χ2n) is 3.36. The van der Waals surface area contributed by atoms with Gasteiger partial charge in [0.15, 0.2) is 0 Å². The number of aryl methyl sites for hydroxylation is 1. The molecule has 0 atom stereocenters.